The van der Waals surface area contributed by atoms with Crippen molar-refractivity contribution in [2.75, 3.05) is 24.8 Å². The largest absolute Gasteiger partial charge is 0.486 e. The zero-order valence-corrected chi connectivity index (χ0v) is 14.8. The molecule has 1 aliphatic rings. The maximum atomic E-state index is 12.6. The van der Waals surface area contributed by atoms with Gasteiger partial charge in [-0.25, -0.2) is 4.98 Å². The number of hydrogen-bond acceptors (Lipinski definition) is 6. The van der Waals surface area contributed by atoms with Gasteiger partial charge in [0.2, 0.25) is 0 Å². The van der Waals surface area contributed by atoms with E-state index in [1.807, 2.05) is 24.5 Å². The van der Waals surface area contributed by atoms with Crippen molar-refractivity contribution < 1.29 is 18.7 Å². The Morgan fingerprint density at radius 3 is 2.50 bits per heavy atom. The van der Waals surface area contributed by atoms with E-state index in [9.17, 15) is 4.79 Å². The molecule has 2 heterocycles. The minimum atomic E-state index is -0.193. The van der Waals surface area contributed by atoms with E-state index < -0.39 is 0 Å². The Hall–Kier alpha value is -2.93. The fourth-order valence-corrected chi connectivity index (χ4v) is 3.23. The Morgan fingerprint density at radius 2 is 1.85 bits per heavy atom. The van der Waals surface area contributed by atoms with E-state index in [4.69, 9.17) is 13.9 Å². The Kier molecular flexibility index (Phi) is 4.53. The van der Waals surface area contributed by atoms with Gasteiger partial charge in [-0.2, -0.15) is 0 Å². The number of fused-ring (bicyclic) bond motifs is 1. The zero-order valence-electron chi connectivity index (χ0n) is 14.0. The van der Waals surface area contributed by atoms with E-state index >= 15 is 0 Å². The van der Waals surface area contributed by atoms with Crippen LogP contribution in [0.2, 0.25) is 0 Å². The number of rotatable bonds is 4. The molecular formula is C19H16N2O4S. The number of carbonyl (C=O) groups is 1. The van der Waals surface area contributed by atoms with E-state index in [2.05, 4.69) is 10.3 Å². The summed E-state index contributed by atoms with van der Waals surface area (Å²) in [6.07, 6.45) is 4.96. The highest BCUT2D eigenvalue weighted by atomic mass is 32.2. The summed E-state index contributed by atoms with van der Waals surface area (Å²) >= 11 is 1.54. The van der Waals surface area contributed by atoms with Crippen LogP contribution in [-0.4, -0.2) is 30.4 Å². The molecule has 1 aromatic heterocycles. The average molecular weight is 368 g/mol. The molecule has 7 heteroatoms. The first kappa shape index (κ1) is 16.5. The van der Waals surface area contributed by atoms with Crippen molar-refractivity contribution in [1.29, 1.82) is 0 Å². The minimum absolute atomic E-state index is 0.193. The topological polar surface area (TPSA) is 73.6 Å². The Morgan fingerprint density at radius 1 is 1.12 bits per heavy atom. The molecule has 0 spiro atoms. The third-order valence-electron chi connectivity index (χ3n) is 3.98. The molecule has 26 heavy (non-hydrogen) atoms. The second-order valence-electron chi connectivity index (χ2n) is 5.59. The summed E-state index contributed by atoms with van der Waals surface area (Å²) in [7, 11) is 0. The number of ether oxygens (including phenoxy) is 2. The summed E-state index contributed by atoms with van der Waals surface area (Å²) in [5.41, 5.74) is 2.12. The number of benzene rings is 2. The van der Waals surface area contributed by atoms with Crippen LogP contribution in [0, 0.1) is 0 Å². The molecule has 0 fully saturated rings. The average Bonchev–Trinajstić information content (AvgIpc) is 3.22. The first-order chi connectivity index (χ1) is 12.7. The van der Waals surface area contributed by atoms with Crippen LogP contribution in [0.15, 0.2) is 58.3 Å². The van der Waals surface area contributed by atoms with E-state index in [-0.39, 0.29) is 5.91 Å². The Bertz CT molecular complexity index is 923. The third-order valence-corrected chi connectivity index (χ3v) is 4.75. The predicted octanol–water partition coefficient (Wildman–Crippen LogP) is 4.09. The highest BCUT2D eigenvalue weighted by Crippen LogP contribution is 2.39. The number of nitrogens with one attached hydrogen (secondary N) is 1. The summed E-state index contributed by atoms with van der Waals surface area (Å²) in [6, 6.07) is 10.9. The van der Waals surface area contributed by atoms with Crippen LogP contribution in [0.5, 0.6) is 11.5 Å². The molecule has 0 unspecified atom stereocenters. The molecule has 0 saturated carbocycles. The van der Waals surface area contributed by atoms with E-state index in [1.165, 1.54) is 18.2 Å². The van der Waals surface area contributed by atoms with Crippen molar-refractivity contribution in [3.8, 4) is 22.8 Å². The van der Waals surface area contributed by atoms with Crippen LogP contribution in [-0.2, 0) is 0 Å². The summed E-state index contributed by atoms with van der Waals surface area (Å²) in [6.45, 7) is 1.03. The lowest BCUT2D eigenvalue weighted by molar-refractivity contribution is 0.102. The van der Waals surface area contributed by atoms with E-state index in [0.29, 0.717) is 41.7 Å². The van der Waals surface area contributed by atoms with Crippen LogP contribution in [0.4, 0.5) is 5.69 Å². The molecule has 3 aromatic rings. The summed E-state index contributed by atoms with van der Waals surface area (Å²) in [5, 5.41) is 2.95. The minimum Gasteiger partial charge on any atom is -0.486 e. The molecule has 0 radical (unpaired) electrons. The maximum absolute atomic E-state index is 12.6. The third kappa shape index (κ3) is 3.25. The molecule has 0 atom stereocenters. The summed E-state index contributed by atoms with van der Waals surface area (Å²) < 4.78 is 16.5. The molecular weight excluding hydrogens is 352 g/mol. The quantitative estimate of drug-likeness (QED) is 0.699. The van der Waals surface area contributed by atoms with Gasteiger partial charge in [0, 0.05) is 22.1 Å². The zero-order chi connectivity index (χ0) is 17.9. The van der Waals surface area contributed by atoms with Gasteiger partial charge in [0.25, 0.3) is 5.91 Å². The van der Waals surface area contributed by atoms with Gasteiger partial charge >= 0.3 is 0 Å². The summed E-state index contributed by atoms with van der Waals surface area (Å²) in [4.78, 5) is 17.4. The van der Waals surface area contributed by atoms with Crippen molar-refractivity contribution in [1.82, 2.24) is 4.98 Å². The van der Waals surface area contributed by atoms with Gasteiger partial charge in [0.1, 0.15) is 13.2 Å². The van der Waals surface area contributed by atoms with Crippen molar-refractivity contribution in [3.05, 3.63) is 54.6 Å². The van der Waals surface area contributed by atoms with Gasteiger partial charge in [-0.3, -0.25) is 4.79 Å². The van der Waals surface area contributed by atoms with Crippen LogP contribution < -0.4 is 14.8 Å². The highest BCUT2D eigenvalue weighted by molar-refractivity contribution is 7.98. The highest BCUT2D eigenvalue weighted by Gasteiger charge is 2.17. The monoisotopic (exact) mass is 368 g/mol. The van der Waals surface area contributed by atoms with Gasteiger partial charge in [-0.15, -0.1) is 11.8 Å². The summed E-state index contributed by atoms with van der Waals surface area (Å²) in [5.74, 6) is 1.81. The lowest BCUT2D eigenvalue weighted by atomic mass is 10.1. The number of thioether (sulfide) groups is 1. The first-order valence-corrected chi connectivity index (χ1v) is 9.25. The molecule has 0 saturated heterocycles. The number of oxazole rings is 1. The van der Waals surface area contributed by atoms with Gasteiger partial charge in [0.05, 0.1) is 11.9 Å². The van der Waals surface area contributed by atoms with Crippen molar-refractivity contribution in [2.45, 2.75) is 4.90 Å². The van der Waals surface area contributed by atoms with Crippen molar-refractivity contribution in [2.24, 2.45) is 0 Å². The normalized spacial score (nSPS) is 12.7. The lowest BCUT2D eigenvalue weighted by Gasteiger charge is -2.21. The number of aromatic nitrogens is 1. The van der Waals surface area contributed by atoms with Crippen LogP contribution in [0.25, 0.3) is 11.3 Å². The Labute approximate surface area is 154 Å². The van der Waals surface area contributed by atoms with Gasteiger partial charge in [0.15, 0.2) is 23.7 Å². The van der Waals surface area contributed by atoms with Gasteiger partial charge < -0.3 is 19.2 Å². The maximum Gasteiger partial charge on any atom is 0.255 e. The Balaban J connectivity index is 1.56. The predicted molar refractivity (Wildman–Crippen MR) is 99.1 cm³/mol. The molecule has 2 aromatic carbocycles. The van der Waals surface area contributed by atoms with Crippen molar-refractivity contribution >= 4 is 23.4 Å². The number of nitrogens with zero attached hydrogens (tertiary/aromatic N) is 1. The molecule has 0 bridgehead atoms. The molecule has 132 valence electrons. The number of anilines is 1. The molecule has 4 rings (SSSR count). The molecule has 1 N–H and O–H groups in total. The van der Waals surface area contributed by atoms with Crippen LogP contribution in [0.3, 0.4) is 0 Å². The molecule has 6 nitrogen and oxygen atoms in total. The van der Waals surface area contributed by atoms with Crippen LogP contribution in [0.1, 0.15) is 10.4 Å². The number of hydrogen-bond donors (Lipinski definition) is 1. The SMILES string of the molecule is CSc1cc2c(cc1NC(=O)c1ccc(-c3cnco3)cc1)OCCO2. The molecule has 1 amide bonds. The van der Waals surface area contributed by atoms with E-state index in [1.54, 1.807) is 24.4 Å². The smallest absolute Gasteiger partial charge is 0.255 e. The van der Waals surface area contributed by atoms with Crippen LogP contribution >= 0.6 is 11.8 Å². The first-order valence-electron chi connectivity index (χ1n) is 8.02. The van der Waals surface area contributed by atoms with Gasteiger partial charge in [-0.1, -0.05) is 12.1 Å². The van der Waals surface area contributed by atoms with E-state index in [0.717, 1.165) is 10.5 Å². The standard InChI is InChI=1S/C19H16N2O4S/c1-26-18-9-16-15(23-6-7-24-16)8-14(18)21-19(22)13-4-2-12(3-5-13)17-10-20-11-25-17/h2-5,8-11H,6-7H2,1H3,(H,21,22). The fourth-order valence-electron chi connectivity index (χ4n) is 2.68. The molecule has 0 aliphatic carbocycles. The number of amides is 1. The van der Waals surface area contributed by atoms with Gasteiger partial charge in [-0.05, 0) is 24.5 Å². The fraction of sp³-hybridized carbons (Fsp3) is 0.158. The second kappa shape index (κ2) is 7.13. The lowest BCUT2D eigenvalue weighted by Crippen LogP contribution is -2.17. The van der Waals surface area contributed by atoms with Crippen molar-refractivity contribution in [3.63, 3.8) is 0 Å². The number of carbonyl (C=O) groups excluding carboxylic acids is 1. The molecule has 1 aliphatic heterocycles. The second-order valence-corrected chi connectivity index (χ2v) is 6.44.